The highest BCUT2D eigenvalue weighted by Gasteiger charge is 2.17. The highest BCUT2D eigenvalue weighted by Crippen LogP contribution is 2.26. The quantitative estimate of drug-likeness (QED) is 0.296. The number of para-hydroxylation sites is 1. The summed E-state index contributed by atoms with van der Waals surface area (Å²) in [7, 11) is 0. The number of hydrogen-bond donors (Lipinski definition) is 0. The molecule has 0 atom stereocenters. The Morgan fingerprint density at radius 3 is 2.71 bits per heavy atom. The molecule has 6 heteroatoms. The number of benzene rings is 2. The number of rotatable bonds is 4. The first-order valence-corrected chi connectivity index (χ1v) is 9.73. The molecule has 0 radical (unpaired) electrons. The maximum Gasteiger partial charge on any atom is 0.339 e. The summed E-state index contributed by atoms with van der Waals surface area (Å²) in [6.07, 6.45) is 1.55. The number of carbonyl (C=O) groups is 1. The van der Waals surface area contributed by atoms with Gasteiger partial charge in [-0.1, -0.05) is 30.3 Å². The summed E-state index contributed by atoms with van der Waals surface area (Å²) in [4.78, 5) is 29.6. The van der Waals surface area contributed by atoms with Crippen molar-refractivity contribution in [3.05, 3.63) is 100 Å². The number of nitrogens with zero attached hydrogens (tertiary/aromatic N) is 1. The fraction of sp³-hybridized carbons (Fsp3) is 0.0800. The van der Waals surface area contributed by atoms with E-state index in [1.807, 2.05) is 43.3 Å². The van der Waals surface area contributed by atoms with Gasteiger partial charge in [0.15, 0.2) is 5.76 Å². The second kappa shape index (κ2) is 7.57. The molecule has 5 aromatic rings. The van der Waals surface area contributed by atoms with E-state index >= 15 is 0 Å². The van der Waals surface area contributed by atoms with E-state index in [0.717, 1.165) is 10.9 Å². The van der Waals surface area contributed by atoms with Gasteiger partial charge in [0.05, 0.1) is 17.3 Å². The molecule has 31 heavy (non-hydrogen) atoms. The van der Waals surface area contributed by atoms with E-state index in [2.05, 4.69) is 4.98 Å². The third-order valence-corrected chi connectivity index (χ3v) is 5.05. The maximum absolute atomic E-state index is 13.0. The largest absolute Gasteiger partial charge is 0.463 e. The Kier molecular flexibility index (Phi) is 4.59. The van der Waals surface area contributed by atoms with Gasteiger partial charge in [-0.25, -0.2) is 14.6 Å². The molecule has 3 heterocycles. The van der Waals surface area contributed by atoms with Crippen LogP contribution in [0.4, 0.5) is 0 Å². The van der Waals surface area contributed by atoms with E-state index in [1.54, 1.807) is 30.5 Å². The predicted molar refractivity (Wildman–Crippen MR) is 116 cm³/mol. The summed E-state index contributed by atoms with van der Waals surface area (Å²) < 4.78 is 16.3. The van der Waals surface area contributed by atoms with Crippen molar-refractivity contribution in [1.82, 2.24) is 4.98 Å². The van der Waals surface area contributed by atoms with Crippen LogP contribution in [0.5, 0.6) is 0 Å². The van der Waals surface area contributed by atoms with Crippen LogP contribution in [-0.2, 0) is 11.3 Å². The van der Waals surface area contributed by atoms with Gasteiger partial charge >= 0.3 is 11.6 Å². The Morgan fingerprint density at radius 1 is 1.00 bits per heavy atom. The van der Waals surface area contributed by atoms with E-state index in [4.69, 9.17) is 13.6 Å². The molecule has 0 aliphatic rings. The number of fused-ring (bicyclic) bond motifs is 2. The lowest BCUT2D eigenvalue weighted by atomic mass is 10.1. The van der Waals surface area contributed by atoms with Crippen LogP contribution < -0.4 is 5.63 Å². The van der Waals surface area contributed by atoms with Gasteiger partial charge in [-0.2, -0.15) is 0 Å². The topological polar surface area (TPSA) is 82.5 Å². The van der Waals surface area contributed by atoms with Gasteiger partial charge < -0.3 is 13.6 Å². The van der Waals surface area contributed by atoms with Crippen LogP contribution in [-0.4, -0.2) is 11.0 Å². The van der Waals surface area contributed by atoms with Crippen LogP contribution >= 0.6 is 0 Å². The van der Waals surface area contributed by atoms with Crippen molar-refractivity contribution in [3.63, 3.8) is 0 Å². The normalized spacial score (nSPS) is 11.1. The van der Waals surface area contributed by atoms with E-state index in [1.165, 1.54) is 6.07 Å². The smallest absolute Gasteiger partial charge is 0.339 e. The lowest BCUT2D eigenvalue weighted by molar-refractivity contribution is 0.0476. The van der Waals surface area contributed by atoms with Crippen molar-refractivity contribution < 1.29 is 18.4 Å². The average molecular weight is 411 g/mol. The molecule has 3 aromatic heterocycles. The molecule has 6 nitrogen and oxygen atoms in total. The molecule has 0 bridgehead atoms. The molecule has 5 rings (SSSR count). The summed E-state index contributed by atoms with van der Waals surface area (Å²) in [6.45, 7) is 1.86. The highest BCUT2D eigenvalue weighted by atomic mass is 16.5. The van der Waals surface area contributed by atoms with Gasteiger partial charge in [0.25, 0.3) is 0 Å². The van der Waals surface area contributed by atoms with E-state index in [-0.39, 0.29) is 6.61 Å². The minimum atomic E-state index is -0.514. The zero-order valence-corrected chi connectivity index (χ0v) is 16.6. The second-order valence-corrected chi connectivity index (χ2v) is 7.22. The Hall–Kier alpha value is -4.19. The van der Waals surface area contributed by atoms with Crippen molar-refractivity contribution in [1.29, 1.82) is 0 Å². The minimum Gasteiger partial charge on any atom is -0.463 e. The molecule has 2 aromatic carbocycles. The van der Waals surface area contributed by atoms with Crippen LogP contribution in [0, 0.1) is 6.92 Å². The molecule has 0 unspecified atom stereocenters. The van der Waals surface area contributed by atoms with Gasteiger partial charge in [-0.05, 0) is 42.8 Å². The van der Waals surface area contributed by atoms with Crippen molar-refractivity contribution in [2.24, 2.45) is 0 Å². The number of hydrogen-bond acceptors (Lipinski definition) is 6. The fourth-order valence-electron chi connectivity index (χ4n) is 3.57. The Balaban J connectivity index is 1.52. The number of furan rings is 1. The van der Waals surface area contributed by atoms with Crippen LogP contribution in [0.15, 0.2) is 86.6 Å². The first kappa shape index (κ1) is 18.8. The Morgan fingerprint density at radius 2 is 1.87 bits per heavy atom. The third-order valence-electron chi connectivity index (χ3n) is 5.05. The average Bonchev–Trinajstić information content (AvgIpc) is 3.31. The third kappa shape index (κ3) is 3.59. The summed E-state index contributed by atoms with van der Waals surface area (Å²) in [6, 6.07) is 19.5. The number of aryl methyl sites for hydroxylation is 1. The fourth-order valence-corrected chi connectivity index (χ4v) is 3.57. The standard InChI is InChI=1S/C25H17NO5/c1-15-8-9-17-16(12-24(27)31-23(17)11-15)14-30-25(28)19-13-21(22-7-4-10-29-22)26-20-6-3-2-5-18(19)20/h2-13H,14H2,1H3. The van der Waals surface area contributed by atoms with Gasteiger partial charge in [-0.15, -0.1) is 0 Å². The monoisotopic (exact) mass is 411 g/mol. The van der Waals surface area contributed by atoms with Crippen molar-refractivity contribution in [2.45, 2.75) is 13.5 Å². The summed E-state index contributed by atoms with van der Waals surface area (Å²) in [5, 5.41) is 1.41. The molecule has 0 spiro atoms. The molecular formula is C25H17NO5. The Bertz CT molecular complexity index is 1480. The number of esters is 1. The van der Waals surface area contributed by atoms with E-state index in [0.29, 0.717) is 39.1 Å². The van der Waals surface area contributed by atoms with Crippen molar-refractivity contribution >= 4 is 27.8 Å². The van der Waals surface area contributed by atoms with Crippen molar-refractivity contribution in [2.75, 3.05) is 0 Å². The van der Waals surface area contributed by atoms with E-state index in [9.17, 15) is 9.59 Å². The van der Waals surface area contributed by atoms with Crippen LogP contribution in [0.2, 0.25) is 0 Å². The number of ether oxygens (including phenoxy) is 1. The number of pyridine rings is 1. The Labute approximate surface area is 176 Å². The van der Waals surface area contributed by atoms with Gasteiger partial charge in [0, 0.05) is 22.4 Å². The van der Waals surface area contributed by atoms with Crippen LogP contribution in [0.25, 0.3) is 33.3 Å². The number of aromatic nitrogens is 1. The lowest BCUT2D eigenvalue weighted by Crippen LogP contribution is -2.09. The van der Waals surface area contributed by atoms with Gasteiger partial charge in [0.2, 0.25) is 0 Å². The molecular weight excluding hydrogens is 394 g/mol. The van der Waals surface area contributed by atoms with Gasteiger partial charge in [-0.3, -0.25) is 0 Å². The van der Waals surface area contributed by atoms with Gasteiger partial charge in [0.1, 0.15) is 17.9 Å². The SMILES string of the molecule is Cc1ccc2c(COC(=O)c3cc(-c4ccco4)nc4ccccc34)cc(=O)oc2c1. The molecule has 0 amide bonds. The molecule has 0 aliphatic heterocycles. The predicted octanol–water partition coefficient (Wildman–Crippen LogP) is 5.27. The lowest BCUT2D eigenvalue weighted by Gasteiger charge is -2.10. The zero-order chi connectivity index (χ0) is 21.4. The molecule has 0 saturated carbocycles. The molecule has 152 valence electrons. The zero-order valence-electron chi connectivity index (χ0n) is 16.6. The number of carbonyl (C=O) groups excluding carboxylic acids is 1. The minimum absolute atomic E-state index is 0.0588. The molecule has 0 N–H and O–H groups in total. The molecule has 0 aliphatic carbocycles. The van der Waals surface area contributed by atoms with Crippen LogP contribution in [0.1, 0.15) is 21.5 Å². The highest BCUT2D eigenvalue weighted by molar-refractivity contribution is 6.04. The first-order valence-electron chi connectivity index (χ1n) is 9.73. The van der Waals surface area contributed by atoms with Crippen LogP contribution in [0.3, 0.4) is 0 Å². The summed E-state index contributed by atoms with van der Waals surface area (Å²) in [5.74, 6) is 0.0433. The van der Waals surface area contributed by atoms with Crippen molar-refractivity contribution in [3.8, 4) is 11.5 Å². The first-order chi connectivity index (χ1) is 15.1. The summed E-state index contributed by atoms with van der Waals surface area (Å²) >= 11 is 0. The summed E-state index contributed by atoms with van der Waals surface area (Å²) in [5.41, 5.74) is 3.11. The second-order valence-electron chi connectivity index (χ2n) is 7.22. The maximum atomic E-state index is 13.0. The van der Waals surface area contributed by atoms with E-state index < -0.39 is 11.6 Å². The molecule has 0 fully saturated rings. The molecule has 0 saturated heterocycles.